The number of carbonyl (C=O) groups is 1. The van der Waals surface area contributed by atoms with Crippen LogP contribution >= 0.6 is 11.8 Å². The van der Waals surface area contributed by atoms with Crippen LogP contribution in [-0.4, -0.2) is 41.3 Å². The van der Waals surface area contributed by atoms with Crippen LogP contribution in [0.15, 0.2) is 65.9 Å². The summed E-state index contributed by atoms with van der Waals surface area (Å²) in [6, 6.07) is 12.2. The number of benzene rings is 2. The largest absolute Gasteiger partial charge is 0.520 e. The first-order valence-corrected chi connectivity index (χ1v) is 12.6. The molecule has 9 nitrogen and oxygen atoms in total. The number of aryl methyl sites for hydroxylation is 1. The van der Waals surface area contributed by atoms with Crippen LogP contribution < -0.4 is 21.1 Å². The van der Waals surface area contributed by atoms with E-state index in [2.05, 4.69) is 0 Å². The molecule has 1 N–H and O–H groups in total. The van der Waals surface area contributed by atoms with Crippen molar-refractivity contribution in [3.8, 4) is 0 Å². The summed E-state index contributed by atoms with van der Waals surface area (Å²) in [5.41, 5.74) is 0.731. The first kappa shape index (κ1) is 23.4. The number of hydrogen-bond acceptors (Lipinski definition) is 8. The van der Waals surface area contributed by atoms with Crippen LogP contribution in [0.4, 0.5) is 16.0 Å². The van der Waals surface area contributed by atoms with E-state index in [0.29, 0.717) is 47.5 Å². The van der Waals surface area contributed by atoms with E-state index in [4.69, 9.17) is 8.83 Å². The third-order valence-electron chi connectivity index (χ3n) is 6.93. The van der Waals surface area contributed by atoms with Crippen LogP contribution in [0, 0.1) is 12.7 Å². The molecule has 1 fully saturated rings. The molecule has 1 saturated heterocycles. The molecular weight excluding hydrogens is 501 g/mol. The number of carboxylic acids is 1. The van der Waals surface area contributed by atoms with Gasteiger partial charge in [-0.25, -0.2) is 14.0 Å². The highest BCUT2D eigenvalue weighted by atomic mass is 32.2. The number of nitrogens with zero attached hydrogens (tertiary/aromatic N) is 3. The predicted molar refractivity (Wildman–Crippen MR) is 137 cm³/mol. The average molecular weight is 524 g/mol. The molecule has 0 spiro atoms. The first-order chi connectivity index (χ1) is 17.7. The molecule has 2 atom stereocenters. The lowest BCUT2D eigenvalue weighted by atomic mass is 10.1. The fourth-order valence-corrected chi connectivity index (χ4v) is 6.51. The van der Waals surface area contributed by atoms with Gasteiger partial charge in [-0.15, -0.1) is 0 Å². The predicted octanol–water partition coefficient (Wildman–Crippen LogP) is 4.06. The zero-order chi connectivity index (χ0) is 26.0. The molecule has 6 rings (SSSR count). The Balaban J connectivity index is 1.44. The lowest BCUT2D eigenvalue weighted by Crippen LogP contribution is -2.52. The highest BCUT2D eigenvalue weighted by molar-refractivity contribution is 8.00. The van der Waals surface area contributed by atoms with E-state index in [0.717, 1.165) is 11.6 Å². The summed E-state index contributed by atoms with van der Waals surface area (Å²) in [6.45, 7) is 4.94. The van der Waals surface area contributed by atoms with Crippen LogP contribution in [0.2, 0.25) is 0 Å². The van der Waals surface area contributed by atoms with Crippen molar-refractivity contribution in [3.05, 3.63) is 86.0 Å². The fraction of sp³-hybridized carbons (Fsp3) is 0.269. The Kier molecular flexibility index (Phi) is 5.41. The van der Waals surface area contributed by atoms with Gasteiger partial charge in [0.05, 0.1) is 16.2 Å². The number of rotatable bonds is 4. The van der Waals surface area contributed by atoms with Crippen molar-refractivity contribution in [1.82, 2.24) is 4.57 Å². The van der Waals surface area contributed by atoms with E-state index in [-0.39, 0.29) is 22.4 Å². The number of fused-ring (bicyclic) bond motifs is 3. The van der Waals surface area contributed by atoms with Gasteiger partial charge in [0.25, 0.3) is 0 Å². The van der Waals surface area contributed by atoms with Crippen molar-refractivity contribution in [3.63, 3.8) is 0 Å². The van der Waals surface area contributed by atoms with Crippen molar-refractivity contribution in [2.45, 2.75) is 30.3 Å². The Morgan fingerprint density at radius 3 is 2.54 bits per heavy atom. The van der Waals surface area contributed by atoms with E-state index < -0.39 is 23.0 Å². The zero-order valence-electron chi connectivity index (χ0n) is 19.9. The lowest BCUT2D eigenvalue weighted by Gasteiger charge is -2.41. The van der Waals surface area contributed by atoms with Crippen molar-refractivity contribution in [2.24, 2.45) is 0 Å². The summed E-state index contributed by atoms with van der Waals surface area (Å²) in [7, 11) is 0. The Hall–Kier alpha value is -3.99. The van der Waals surface area contributed by atoms with E-state index in [1.165, 1.54) is 11.8 Å². The standard InChI is InChI=1S/C26H22FN3O6S/c1-13-12-28(22-14(2)35-26(34)36-22)8-9-29(13)19-11-18-16(10-17(19)27)21(31)20(25(32)33)24-30(18)23(37-24)15-6-4-3-5-7-15/h3-7,10-11,13,23H,8-9,12H2,1-2H3,(H,32,33). The molecule has 0 aliphatic carbocycles. The molecule has 2 aliphatic rings. The number of carboxylic acid groups (broad SMARTS) is 1. The second-order valence-corrected chi connectivity index (χ2v) is 10.3. The Labute approximate surface area is 213 Å². The van der Waals surface area contributed by atoms with Gasteiger partial charge in [0, 0.05) is 31.1 Å². The van der Waals surface area contributed by atoms with Crippen molar-refractivity contribution < 1.29 is 23.1 Å². The van der Waals surface area contributed by atoms with Crippen LogP contribution in [0.1, 0.15) is 34.0 Å². The molecule has 37 heavy (non-hydrogen) atoms. The summed E-state index contributed by atoms with van der Waals surface area (Å²) < 4.78 is 27.5. The fourth-order valence-electron chi connectivity index (χ4n) is 5.22. The first-order valence-electron chi connectivity index (χ1n) is 11.7. The molecule has 0 radical (unpaired) electrons. The summed E-state index contributed by atoms with van der Waals surface area (Å²) in [6.07, 6.45) is 0. The highest BCUT2D eigenvalue weighted by Gasteiger charge is 2.37. The number of hydrogen-bond donors (Lipinski definition) is 1. The van der Waals surface area contributed by atoms with Crippen molar-refractivity contribution in [2.75, 3.05) is 29.4 Å². The third kappa shape index (κ3) is 3.64. The number of piperazine rings is 1. The molecule has 0 amide bonds. The van der Waals surface area contributed by atoms with Crippen LogP contribution in [0.3, 0.4) is 0 Å². The number of halogens is 1. The van der Waals surface area contributed by atoms with E-state index in [1.807, 2.05) is 51.6 Å². The summed E-state index contributed by atoms with van der Waals surface area (Å²) in [4.78, 5) is 40.4. The number of aromatic nitrogens is 1. The summed E-state index contributed by atoms with van der Waals surface area (Å²) in [5, 5.41) is 9.91. The average Bonchev–Trinajstić information content (AvgIpc) is 3.19. The molecule has 0 saturated carbocycles. The Morgan fingerprint density at radius 1 is 1.14 bits per heavy atom. The molecule has 2 aromatic heterocycles. The van der Waals surface area contributed by atoms with Crippen LogP contribution in [0.5, 0.6) is 0 Å². The molecule has 190 valence electrons. The van der Waals surface area contributed by atoms with Gasteiger partial charge in [-0.3, -0.25) is 4.79 Å². The maximum absolute atomic E-state index is 15.5. The smallest absolute Gasteiger partial charge is 0.477 e. The topological polar surface area (TPSA) is 109 Å². The van der Waals surface area contributed by atoms with Gasteiger partial charge in [-0.1, -0.05) is 42.1 Å². The third-order valence-corrected chi connectivity index (χ3v) is 8.26. The monoisotopic (exact) mass is 523 g/mol. The number of thioether (sulfide) groups is 1. The minimum atomic E-state index is -1.33. The Bertz CT molecular complexity index is 1680. The molecule has 4 heterocycles. The molecule has 11 heteroatoms. The van der Waals surface area contributed by atoms with Gasteiger partial charge in [0.1, 0.15) is 16.8 Å². The van der Waals surface area contributed by atoms with Gasteiger partial charge in [-0.05, 0) is 31.5 Å². The van der Waals surface area contributed by atoms with Crippen molar-refractivity contribution >= 4 is 40.2 Å². The molecule has 2 aromatic carbocycles. The number of anilines is 2. The molecule has 2 aliphatic heterocycles. The maximum Gasteiger partial charge on any atom is 0.520 e. The van der Waals surface area contributed by atoms with Gasteiger partial charge in [0.2, 0.25) is 11.3 Å². The Morgan fingerprint density at radius 2 is 1.89 bits per heavy atom. The molecule has 2 unspecified atom stereocenters. The van der Waals surface area contributed by atoms with E-state index >= 15 is 4.39 Å². The summed E-state index contributed by atoms with van der Waals surface area (Å²) in [5.74, 6) is -1.94. The highest BCUT2D eigenvalue weighted by Crippen LogP contribution is 2.50. The zero-order valence-corrected chi connectivity index (χ0v) is 20.8. The molecular formula is C26H22FN3O6S. The molecule has 0 bridgehead atoms. The normalized spacial score (nSPS) is 19.1. The second-order valence-electron chi connectivity index (χ2n) is 9.19. The van der Waals surface area contributed by atoms with E-state index in [1.54, 1.807) is 13.0 Å². The van der Waals surface area contributed by atoms with Gasteiger partial charge in [-0.2, -0.15) is 0 Å². The SMILES string of the molecule is Cc1oc(=O)oc1N1CCN(c2cc3c(cc2F)c(=O)c(C(=O)O)c2n3C(c3ccccc3)S2)C(C)C1. The van der Waals surface area contributed by atoms with E-state index in [9.17, 15) is 19.5 Å². The van der Waals surface area contributed by atoms with Crippen LogP contribution in [0.25, 0.3) is 10.9 Å². The minimum Gasteiger partial charge on any atom is -0.477 e. The second kappa shape index (κ2) is 8.55. The van der Waals surface area contributed by atoms with Crippen LogP contribution in [-0.2, 0) is 0 Å². The summed E-state index contributed by atoms with van der Waals surface area (Å²) >= 11 is 1.31. The quantitative estimate of drug-likeness (QED) is 0.424. The number of pyridine rings is 1. The maximum atomic E-state index is 15.5. The van der Waals surface area contributed by atoms with Gasteiger partial charge >= 0.3 is 11.8 Å². The minimum absolute atomic E-state index is 0.0331. The number of aromatic carboxylic acids is 1. The van der Waals surface area contributed by atoms with Gasteiger partial charge in [0.15, 0.2) is 5.76 Å². The van der Waals surface area contributed by atoms with Crippen molar-refractivity contribution in [1.29, 1.82) is 0 Å². The van der Waals surface area contributed by atoms with Gasteiger partial charge < -0.3 is 28.3 Å². The molecule has 4 aromatic rings. The lowest BCUT2D eigenvalue weighted by molar-refractivity contribution is 0.0689.